The molecule has 0 radical (unpaired) electrons. The standard InChI is InChI=1S/C10H19N3O2/c1-7(8(14)12-2)13-9(15)10(11)5-3-4-6-10/h7H,3-6,11H2,1-2H3,(H,12,14)(H,13,15). The molecule has 1 aliphatic carbocycles. The molecule has 0 aromatic heterocycles. The number of likely N-dealkylation sites (N-methyl/N-ethyl adjacent to an activating group) is 1. The number of nitrogens with one attached hydrogen (secondary N) is 2. The van der Waals surface area contributed by atoms with Crippen LogP contribution in [0.25, 0.3) is 0 Å². The van der Waals surface area contributed by atoms with Crippen molar-refractivity contribution in [1.82, 2.24) is 10.6 Å². The summed E-state index contributed by atoms with van der Waals surface area (Å²) < 4.78 is 0. The first kappa shape index (κ1) is 12.0. The van der Waals surface area contributed by atoms with Crippen LogP contribution in [0.2, 0.25) is 0 Å². The van der Waals surface area contributed by atoms with Crippen molar-refractivity contribution in [1.29, 1.82) is 0 Å². The van der Waals surface area contributed by atoms with Crippen molar-refractivity contribution in [2.45, 2.75) is 44.2 Å². The first-order valence-corrected chi connectivity index (χ1v) is 5.31. The monoisotopic (exact) mass is 213 g/mol. The van der Waals surface area contributed by atoms with Gasteiger partial charge >= 0.3 is 0 Å². The average molecular weight is 213 g/mol. The highest BCUT2D eigenvalue weighted by Crippen LogP contribution is 2.27. The lowest BCUT2D eigenvalue weighted by atomic mass is 9.98. The van der Waals surface area contributed by atoms with Gasteiger partial charge in [0.2, 0.25) is 11.8 Å². The molecule has 0 aromatic carbocycles. The summed E-state index contributed by atoms with van der Waals surface area (Å²) in [5.41, 5.74) is 5.19. The minimum Gasteiger partial charge on any atom is -0.357 e. The quantitative estimate of drug-likeness (QED) is 0.591. The Kier molecular flexibility index (Phi) is 3.68. The Balaban J connectivity index is 2.51. The molecule has 0 heterocycles. The molecule has 0 spiro atoms. The maximum atomic E-state index is 11.8. The van der Waals surface area contributed by atoms with Crippen LogP contribution in [-0.4, -0.2) is 30.4 Å². The molecular formula is C10H19N3O2. The van der Waals surface area contributed by atoms with Gasteiger partial charge in [-0.3, -0.25) is 9.59 Å². The number of rotatable bonds is 3. The lowest BCUT2D eigenvalue weighted by Crippen LogP contribution is -2.56. The van der Waals surface area contributed by atoms with Crippen LogP contribution in [0.5, 0.6) is 0 Å². The minimum absolute atomic E-state index is 0.204. The van der Waals surface area contributed by atoms with Crippen LogP contribution < -0.4 is 16.4 Å². The highest BCUT2D eigenvalue weighted by Gasteiger charge is 2.37. The molecule has 0 aliphatic heterocycles. The summed E-state index contributed by atoms with van der Waals surface area (Å²) in [7, 11) is 1.54. The lowest BCUT2D eigenvalue weighted by molar-refractivity contribution is -0.131. The number of amides is 2. The Labute approximate surface area is 89.8 Å². The SMILES string of the molecule is CNC(=O)C(C)NC(=O)C1(N)CCCC1. The Hall–Kier alpha value is -1.10. The third-order valence-corrected chi connectivity index (χ3v) is 2.94. The second-order valence-corrected chi connectivity index (χ2v) is 4.17. The largest absolute Gasteiger partial charge is 0.357 e. The molecule has 1 fully saturated rings. The summed E-state index contributed by atoms with van der Waals surface area (Å²) in [5, 5.41) is 5.12. The van der Waals surface area contributed by atoms with Crippen molar-refractivity contribution >= 4 is 11.8 Å². The maximum Gasteiger partial charge on any atom is 0.242 e. The van der Waals surface area contributed by atoms with E-state index in [4.69, 9.17) is 5.73 Å². The number of hydrogen-bond acceptors (Lipinski definition) is 3. The highest BCUT2D eigenvalue weighted by atomic mass is 16.2. The van der Waals surface area contributed by atoms with Crippen molar-refractivity contribution in [3.05, 3.63) is 0 Å². The fourth-order valence-electron chi connectivity index (χ4n) is 1.86. The van der Waals surface area contributed by atoms with E-state index in [0.29, 0.717) is 12.8 Å². The number of carbonyl (C=O) groups excluding carboxylic acids is 2. The Morgan fingerprint density at radius 1 is 1.33 bits per heavy atom. The molecule has 1 atom stereocenters. The van der Waals surface area contributed by atoms with Gasteiger partial charge in [-0.05, 0) is 19.8 Å². The van der Waals surface area contributed by atoms with E-state index in [1.807, 2.05) is 0 Å². The van der Waals surface area contributed by atoms with E-state index in [0.717, 1.165) is 12.8 Å². The van der Waals surface area contributed by atoms with Crippen molar-refractivity contribution in [3.8, 4) is 0 Å². The summed E-state index contributed by atoms with van der Waals surface area (Å²) in [5.74, 6) is -0.416. The zero-order chi connectivity index (χ0) is 11.5. The van der Waals surface area contributed by atoms with Crippen LogP contribution >= 0.6 is 0 Å². The van der Waals surface area contributed by atoms with E-state index in [9.17, 15) is 9.59 Å². The smallest absolute Gasteiger partial charge is 0.242 e. The molecular weight excluding hydrogens is 194 g/mol. The summed E-state index contributed by atoms with van der Waals surface area (Å²) in [6.07, 6.45) is 3.38. The second-order valence-electron chi connectivity index (χ2n) is 4.17. The van der Waals surface area contributed by atoms with Gasteiger partial charge in [-0.25, -0.2) is 0 Å². The fraction of sp³-hybridized carbons (Fsp3) is 0.800. The van der Waals surface area contributed by atoms with Gasteiger partial charge in [0.15, 0.2) is 0 Å². The Bertz CT molecular complexity index is 259. The predicted octanol–water partition coefficient (Wildman–Crippen LogP) is -0.491. The van der Waals surface area contributed by atoms with Crippen LogP contribution in [0.3, 0.4) is 0 Å². The molecule has 5 heteroatoms. The van der Waals surface area contributed by atoms with E-state index in [1.165, 1.54) is 0 Å². The van der Waals surface area contributed by atoms with Gasteiger partial charge in [0.25, 0.3) is 0 Å². The molecule has 0 saturated heterocycles. The molecule has 86 valence electrons. The van der Waals surface area contributed by atoms with Gasteiger partial charge in [-0.2, -0.15) is 0 Å². The van der Waals surface area contributed by atoms with Gasteiger partial charge in [0.1, 0.15) is 6.04 Å². The number of nitrogens with two attached hydrogens (primary N) is 1. The summed E-state index contributed by atoms with van der Waals surface area (Å²) >= 11 is 0. The fourth-order valence-corrected chi connectivity index (χ4v) is 1.86. The first-order chi connectivity index (χ1) is 6.99. The zero-order valence-corrected chi connectivity index (χ0v) is 9.30. The van der Waals surface area contributed by atoms with Crippen LogP contribution in [0.15, 0.2) is 0 Å². The van der Waals surface area contributed by atoms with Gasteiger partial charge in [0, 0.05) is 7.05 Å². The summed E-state index contributed by atoms with van der Waals surface area (Å²) in [4.78, 5) is 23.0. The summed E-state index contributed by atoms with van der Waals surface area (Å²) in [6.45, 7) is 1.65. The van der Waals surface area contributed by atoms with Crippen LogP contribution in [0.4, 0.5) is 0 Å². The second kappa shape index (κ2) is 4.61. The van der Waals surface area contributed by atoms with Crippen molar-refractivity contribution < 1.29 is 9.59 Å². The van der Waals surface area contributed by atoms with Gasteiger partial charge in [0.05, 0.1) is 5.54 Å². The van der Waals surface area contributed by atoms with E-state index in [2.05, 4.69) is 10.6 Å². The first-order valence-electron chi connectivity index (χ1n) is 5.31. The summed E-state index contributed by atoms with van der Waals surface area (Å²) in [6, 6.07) is -0.525. The van der Waals surface area contributed by atoms with E-state index in [-0.39, 0.29) is 11.8 Å². The van der Waals surface area contributed by atoms with Gasteiger partial charge in [-0.15, -0.1) is 0 Å². The van der Waals surface area contributed by atoms with Crippen molar-refractivity contribution in [3.63, 3.8) is 0 Å². The topological polar surface area (TPSA) is 84.2 Å². The minimum atomic E-state index is -0.762. The molecule has 1 aliphatic rings. The highest BCUT2D eigenvalue weighted by molar-refractivity contribution is 5.91. The van der Waals surface area contributed by atoms with Crippen LogP contribution in [-0.2, 0) is 9.59 Å². The normalized spacial score (nSPS) is 20.7. The van der Waals surface area contributed by atoms with E-state index < -0.39 is 11.6 Å². The molecule has 5 nitrogen and oxygen atoms in total. The molecule has 15 heavy (non-hydrogen) atoms. The lowest BCUT2D eigenvalue weighted by Gasteiger charge is -2.24. The van der Waals surface area contributed by atoms with Crippen molar-refractivity contribution in [2.24, 2.45) is 5.73 Å². The average Bonchev–Trinajstić information content (AvgIpc) is 2.65. The van der Waals surface area contributed by atoms with Gasteiger partial charge in [-0.1, -0.05) is 12.8 Å². The van der Waals surface area contributed by atoms with Gasteiger partial charge < -0.3 is 16.4 Å². The van der Waals surface area contributed by atoms with E-state index in [1.54, 1.807) is 14.0 Å². The Morgan fingerprint density at radius 3 is 2.33 bits per heavy atom. The zero-order valence-electron chi connectivity index (χ0n) is 9.30. The molecule has 1 unspecified atom stereocenters. The maximum absolute atomic E-state index is 11.8. The predicted molar refractivity (Wildman–Crippen MR) is 57.1 cm³/mol. The van der Waals surface area contributed by atoms with Crippen LogP contribution in [0, 0.1) is 0 Å². The van der Waals surface area contributed by atoms with E-state index >= 15 is 0 Å². The molecule has 1 saturated carbocycles. The molecule has 1 rings (SSSR count). The third kappa shape index (κ3) is 2.68. The van der Waals surface area contributed by atoms with Crippen LogP contribution in [0.1, 0.15) is 32.6 Å². The molecule has 0 bridgehead atoms. The third-order valence-electron chi connectivity index (χ3n) is 2.94. The molecule has 4 N–H and O–H groups in total. The molecule has 0 aromatic rings. The Morgan fingerprint density at radius 2 is 1.87 bits per heavy atom. The number of carbonyl (C=O) groups is 2. The molecule has 2 amide bonds. The number of hydrogen-bond donors (Lipinski definition) is 3. The van der Waals surface area contributed by atoms with Crippen molar-refractivity contribution in [2.75, 3.05) is 7.05 Å².